The van der Waals surface area contributed by atoms with Gasteiger partial charge in [0.2, 0.25) is 23.6 Å². The predicted octanol–water partition coefficient (Wildman–Crippen LogP) is 1.65. The fourth-order valence-corrected chi connectivity index (χ4v) is 5.27. The van der Waals surface area contributed by atoms with E-state index in [1.54, 1.807) is 24.1 Å². The van der Waals surface area contributed by atoms with E-state index in [0.29, 0.717) is 44.5 Å². The zero-order valence-corrected chi connectivity index (χ0v) is 23.5. The van der Waals surface area contributed by atoms with Crippen LogP contribution >= 0.6 is 0 Å². The molecule has 0 radical (unpaired) electrons. The maximum absolute atomic E-state index is 13.8. The second kappa shape index (κ2) is 14.9. The molecule has 2 saturated heterocycles. The molecule has 0 aromatic heterocycles. The number of benzene rings is 1. The number of ether oxygens (including phenoxy) is 1. The van der Waals surface area contributed by atoms with E-state index in [1.165, 1.54) is 0 Å². The van der Waals surface area contributed by atoms with E-state index in [-0.39, 0.29) is 24.2 Å². The number of piperidine rings is 1. The summed E-state index contributed by atoms with van der Waals surface area (Å²) in [5.74, 6) is -0.845. The standard InChI is InChI=1S/C29H45N5O5/c1-4-19(2)25-29(38)34-17-9-7-11-24(34)28(37)31-22(10-6-5-8-16-30)26(35)32-23(27(36)33-25)18-20-12-14-21(39-3)15-13-20/h12-15,19,22-25H,4-11,16-18,30H2,1-3H3,(H,31,37)(H,32,35)(H,33,36)/t19-,22-,23+,24-,25-/m0/s1. The molecule has 1 aromatic carbocycles. The van der Waals surface area contributed by atoms with Gasteiger partial charge in [0.05, 0.1) is 7.11 Å². The fourth-order valence-electron chi connectivity index (χ4n) is 5.27. The molecule has 0 unspecified atom stereocenters. The zero-order valence-electron chi connectivity index (χ0n) is 23.5. The summed E-state index contributed by atoms with van der Waals surface area (Å²) >= 11 is 0. The lowest BCUT2D eigenvalue weighted by Gasteiger charge is -2.39. The Labute approximate surface area is 231 Å². The monoisotopic (exact) mass is 543 g/mol. The van der Waals surface area contributed by atoms with Crippen molar-refractivity contribution in [1.29, 1.82) is 0 Å². The normalized spacial score (nSPS) is 25.4. The van der Waals surface area contributed by atoms with Crippen LogP contribution < -0.4 is 26.4 Å². The maximum Gasteiger partial charge on any atom is 0.246 e. The summed E-state index contributed by atoms with van der Waals surface area (Å²) in [7, 11) is 1.58. The van der Waals surface area contributed by atoms with Gasteiger partial charge in [0.1, 0.15) is 29.9 Å². The van der Waals surface area contributed by atoms with E-state index in [1.807, 2.05) is 26.0 Å². The molecule has 2 heterocycles. The van der Waals surface area contributed by atoms with Gasteiger partial charge in [-0.1, -0.05) is 45.2 Å². The van der Waals surface area contributed by atoms with Gasteiger partial charge in [0.15, 0.2) is 0 Å². The first-order valence-electron chi connectivity index (χ1n) is 14.3. The number of nitrogens with two attached hydrogens (primary N) is 1. The fraction of sp³-hybridized carbons (Fsp3) is 0.655. The molecular formula is C29H45N5O5. The van der Waals surface area contributed by atoms with Crippen LogP contribution in [-0.4, -0.2) is 72.9 Å². The number of hydrogen-bond acceptors (Lipinski definition) is 6. The Hall–Kier alpha value is -3.14. The highest BCUT2D eigenvalue weighted by atomic mass is 16.5. The number of fused-ring (bicyclic) bond motifs is 1. The first-order valence-corrected chi connectivity index (χ1v) is 14.3. The minimum Gasteiger partial charge on any atom is -0.497 e. The van der Waals surface area contributed by atoms with Crippen LogP contribution in [0.15, 0.2) is 24.3 Å². The first kappa shape index (κ1) is 30.4. The van der Waals surface area contributed by atoms with Gasteiger partial charge in [0, 0.05) is 13.0 Å². The molecule has 1 aromatic rings. The molecule has 2 aliphatic heterocycles. The van der Waals surface area contributed by atoms with Crippen LogP contribution in [0.1, 0.15) is 70.8 Å². The quantitative estimate of drug-likeness (QED) is 0.331. The molecule has 0 saturated carbocycles. The highest BCUT2D eigenvalue weighted by molar-refractivity contribution is 5.97. The average molecular weight is 544 g/mol. The minimum atomic E-state index is -0.926. The number of carbonyl (C=O) groups excluding carboxylic acids is 4. The molecule has 39 heavy (non-hydrogen) atoms. The van der Waals surface area contributed by atoms with Gasteiger partial charge >= 0.3 is 0 Å². The van der Waals surface area contributed by atoms with Gasteiger partial charge in [0.25, 0.3) is 0 Å². The number of nitrogens with zero attached hydrogens (tertiary/aromatic N) is 1. The smallest absolute Gasteiger partial charge is 0.246 e. The van der Waals surface area contributed by atoms with Crippen LogP contribution in [0.5, 0.6) is 5.75 Å². The second-order valence-corrected chi connectivity index (χ2v) is 10.7. The van der Waals surface area contributed by atoms with Crippen LogP contribution in [0.25, 0.3) is 0 Å². The summed E-state index contributed by atoms with van der Waals surface area (Å²) in [6.07, 6.45) is 5.81. The van der Waals surface area contributed by atoms with E-state index in [4.69, 9.17) is 10.5 Å². The van der Waals surface area contributed by atoms with Crippen molar-refractivity contribution in [3.8, 4) is 5.75 Å². The van der Waals surface area contributed by atoms with E-state index in [0.717, 1.165) is 31.2 Å². The zero-order chi connectivity index (χ0) is 28.4. The Morgan fingerprint density at radius 1 is 0.949 bits per heavy atom. The van der Waals surface area contributed by atoms with Gasteiger partial charge in [-0.25, -0.2) is 0 Å². The predicted molar refractivity (Wildman–Crippen MR) is 149 cm³/mol. The SMILES string of the molecule is CC[C@H](C)[C@@H]1NC(=O)[C@@H](Cc2ccc(OC)cc2)NC(=O)[C@H](CCCCCN)NC(=O)[C@@H]2CCCCN2C1=O. The second-order valence-electron chi connectivity index (χ2n) is 10.7. The van der Waals surface area contributed by atoms with E-state index in [2.05, 4.69) is 16.0 Å². The summed E-state index contributed by atoms with van der Waals surface area (Å²) in [5.41, 5.74) is 6.46. The van der Waals surface area contributed by atoms with Crippen LogP contribution in [0.3, 0.4) is 0 Å². The number of carbonyl (C=O) groups is 4. The maximum atomic E-state index is 13.8. The van der Waals surface area contributed by atoms with Gasteiger partial charge in [-0.2, -0.15) is 0 Å². The number of unbranched alkanes of at least 4 members (excludes halogenated alkanes) is 2. The van der Waals surface area contributed by atoms with Crippen LogP contribution in [0.2, 0.25) is 0 Å². The van der Waals surface area contributed by atoms with Crippen LogP contribution in [0, 0.1) is 5.92 Å². The molecule has 216 valence electrons. The molecule has 2 aliphatic rings. The molecule has 0 aliphatic carbocycles. The van der Waals surface area contributed by atoms with Crippen molar-refractivity contribution in [3.05, 3.63) is 29.8 Å². The largest absolute Gasteiger partial charge is 0.497 e. The summed E-state index contributed by atoms with van der Waals surface area (Å²) in [5, 5.41) is 8.78. The first-order chi connectivity index (χ1) is 18.8. The van der Waals surface area contributed by atoms with E-state index in [9.17, 15) is 19.2 Å². The number of hydrogen-bond donors (Lipinski definition) is 4. The Morgan fingerprint density at radius 3 is 2.31 bits per heavy atom. The van der Waals surface area contributed by atoms with Gasteiger partial charge in [-0.05, 0) is 62.3 Å². The summed E-state index contributed by atoms with van der Waals surface area (Å²) in [4.78, 5) is 56.2. The number of rotatable bonds is 10. The lowest BCUT2D eigenvalue weighted by Crippen LogP contribution is -2.64. The topological polar surface area (TPSA) is 143 Å². The summed E-state index contributed by atoms with van der Waals surface area (Å²) in [6, 6.07) is 4.09. The Bertz CT molecular complexity index is 985. The lowest BCUT2D eigenvalue weighted by molar-refractivity contribution is -0.147. The van der Waals surface area contributed by atoms with E-state index >= 15 is 0 Å². The van der Waals surface area contributed by atoms with Crippen molar-refractivity contribution in [2.45, 2.75) is 95.8 Å². The molecule has 10 heteroatoms. The lowest BCUT2D eigenvalue weighted by atomic mass is 9.93. The molecule has 0 bridgehead atoms. The molecular weight excluding hydrogens is 498 g/mol. The van der Waals surface area contributed by atoms with Crippen molar-refractivity contribution < 1.29 is 23.9 Å². The molecule has 5 N–H and O–H groups in total. The number of methoxy groups -OCH3 is 1. The van der Waals surface area contributed by atoms with Crippen molar-refractivity contribution in [1.82, 2.24) is 20.9 Å². The minimum absolute atomic E-state index is 0.150. The van der Waals surface area contributed by atoms with Crippen molar-refractivity contribution in [3.63, 3.8) is 0 Å². The third-order valence-corrected chi connectivity index (χ3v) is 7.93. The Balaban J connectivity index is 1.95. The van der Waals surface area contributed by atoms with Crippen LogP contribution in [-0.2, 0) is 25.6 Å². The Kier molecular flexibility index (Phi) is 11.6. The average Bonchev–Trinajstić information content (AvgIpc) is 2.95. The van der Waals surface area contributed by atoms with Crippen LogP contribution in [0.4, 0.5) is 0 Å². The van der Waals surface area contributed by atoms with Crippen molar-refractivity contribution in [2.24, 2.45) is 11.7 Å². The molecule has 4 amide bonds. The van der Waals surface area contributed by atoms with Crippen molar-refractivity contribution >= 4 is 23.6 Å². The number of nitrogens with one attached hydrogen (secondary N) is 3. The number of amides is 4. The Morgan fingerprint density at radius 2 is 1.64 bits per heavy atom. The third-order valence-electron chi connectivity index (χ3n) is 7.93. The molecule has 5 atom stereocenters. The highest BCUT2D eigenvalue weighted by Gasteiger charge is 2.40. The molecule has 2 fully saturated rings. The van der Waals surface area contributed by atoms with Gasteiger partial charge in [-0.15, -0.1) is 0 Å². The molecule has 0 spiro atoms. The van der Waals surface area contributed by atoms with Gasteiger partial charge < -0.3 is 31.3 Å². The highest BCUT2D eigenvalue weighted by Crippen LogP contribution is 2.22. The van der Waals surface area contributed by atoms with Crippen molar-refractivity contribution in [2.75, 3.05) is 20.2 Å². The summed E-state index contributed by atoms with van der Waals surface area (Å²) in [6.45, 7) is 4.89. The third kappa shape index (κ3) is 8.17. The van der Waals surface area contributed by atoms with E-state index < -0.39 is 36.0 Å². The summed E-state index contributed by atoms with van der Waals surface area (Å²) < 4.78 is 5.24. The van der Waals surface area contributed by atoms with Gasteiger partial charge in [-0.3, -0.25) is 19.2 Å². The molecule has 10 nitrogen and oxygen atoms in total. The molecule has 3 rings (SSSR count).